The first-order valence-corrected chi connectivity index (χ1v) is 12.0. The number of benzene rings is 3. The number of hydrazine groups is 1. The lowest BCUT2D eigenvalue weighted by atomic mass is 10.2. The Kier molecular flexibility index (Phi) is 6.69. The Labute approximate surface area is 197 Å². The number of fused-ring (bicyclic) bond motifs is 1. The zero-order valence-corrected chi connectivity index (χ0v) is 19.1. The van der Waals surface area contributed by atoms with Crippen molar-refractivity contribution in [2.75, 3.05) is 17.5 Å². The monoisotopic (exact) mass is 481 g/mol. The van der Waals surface area contributed by atoms with E-state index in [2.05, 4.69) is 10.9 Å². The van der Waals surface area contributed by atoms with Crippen molar-refractivity contribution in [3.63, 3.8) is 0 Å². The van der Waals surface area contributed by atoms with Crippen LogP contribution in [0.25, 0.3) is 0 Å². The molecule has 0 saturated heterocycles. The normalized spacial score (nSPS) is 14.7. The zero-order valence-electron chi connectivity index (χ0n) is 18.3. The minimum atomic E-state index is -3.91. The lowest BCUT2D eigenvalue weighted by Crippen LogP contribution is -2.50. The van der Waals surface area contributed by atoms with Gasteiger partial charge in [0.2, 0.25) is 6.10 Å². The highest BCUT2D eigenvalue weighted by Gasteiger charge is 2.28. The fourth-order valence-corrected chi connectivity index (χ4v) is 4.95. The Morgan fingerprint density at radius 1 is 0.941 bits per heavy atom. The van der Waals surface area contributed by atoms with Crippen LogP contribution in [0.5, 0.6) is 11.5 Å². The third-order valence-electron chi connectivity index (χ3n) is 5.12. The Morgan fingerprint density at radius 2 is 1.65 bits per heavy atom. The molecule has 0 fully saturated rings. The quantitative estimate of drug-likeness (QED) is 0.523. The van der Waals surface area contributed by atoms with E-state index >= 15 is 0 Å². The van der Waals surface area contributed by atoms with Gasteiger partial charge >= 0.3 is 0 Å². The molecule has 1 heterocycles. The predicted octanol–water partition coefficient (Wildman–Crippen LogP) is 2.50. The van der Waals surface area contributed by atoms with Crippen LogP contribution < -0.4 is 24.6 Å². The van der Waals surface area contributed by atoms with Crippen molar-refractivity contribution in [2.24, 2.45) is 0 Å². The predicted molar refractivity (Wildman–Crippen MR) is 125 cm³/mol. The molecule has 2 amide bonds. The van der Waals surface area contributed by atoms with E-state index in [1.54, 1.807) is 61.5 Å². The fourth-order valence-electron chi connectivity index (χ4n) is 3.43. The van der Waals surface area contributed by atoms with Gasteiger partial charge in [-0.15, -0.1) is 0 Å². The Bertz CT molecular complexity index is 1300. The second-order valence-corrected chi connectivity index (χ2v) is 9.20. The summed E-state index contributed by atoms with van der Waals surface area (Å²) in [6.07, 6.45) is -0.953. The molecular weight excluding hydrogens is 458 g/mol. The molecule has 1 atom stereocenters. The van der Waals surface area contributed by atoms with Gasteiger partial charge in [-0.25, -0.2) is 8.42 Å². The minimum absolute atomic E-state index is 0.0151. The number of ether oxygens (including phenoxy) is 2. The topological polar surface area (TPSA) is 114 Å². The van der Waals surface area contributed by atoms with E-state index in [-0.39, 0.29) is 23.6 Å². The molecule has 1 aliphatic rings. The van der Waals surface area contributed by atoms with E-state index < -0.39 is 27.9 Å². The summed E-state index contributed by atoms with van der Waals surface area (Å²) >= 11 is 0. The molecule has 0 saturated carbocycles. The number of carbonyl (C=O) groups is 2. The Morgan fingerprint density at radius 3 is 2.38 bits per heavy atom. The number of amides is 2. The van der Waals surface area contributed by atoms with Crippen molar-refractivity contribution in [3.8, 4) is 11.5 Å². The third kappa shape index (κ3) is 4.81. The minimum Gasteiger partial charge on any atom is -0.485 e. The van der Waals surface area contributed by atoms with Gasteiger partial charge in [-0.3, -0.25) is 24.7 Å². The number of para-hydroxylation sites is 3. The number of hydrogen-bond acceptors (Lipinski definition) is 6. The first kappa shape index (κ1) is 23.1. The average Bonchev–Trinajstić information content (AvgIpc) is 2.87. The number of sulfonamides is 1. The third-order valence-corrected chi connectivity index (χ3v) is 7.01. The number of hydrogen-bond donors (Lipinski definition) is 2. The van der Waals surface area contributed by atoms with Gasteiger partial charge in [0.15, 0.2) is 11.5 Å². The highest BCUT2D eigenvalue weighted by Crippen LogP contribution is 2.30. The number of nitrogens with one attached hydrogen (secondary N) is 2. The van der Waals surface area contributed by atoms with Gasteiger partial charge in [0, 0.05) is 12.1 Å². The van der Waals surface area contributed by atoms with Gasteiger partial charge in [-0.05, 0) is 49.4 Å². The van der Waals surface area contributed by atoms with Crippen molar-refractivity contribution in [1.82, 2.24) is 10.9 Å². The average molecular weight is 482 g/mol. The van der Waals surface area contributed by atoms with Gasteiger partial charge in [0.25, 0.3) is 21.8 Å². The van der Waals surface area contributed by atoms with E-state index in [1.165, 1.54) is 28.6 Å². The van der Waals surface area contributed by atoms with Crippen LogP contribution in [0.1, 0.15) is 17.3 Å². The van der Waals surface area contributed by atoms with Crippen molar-refractivity contribution in [1.29, 1.82) is 0 Å². The maximum absolute atomic E-state index is 13.2. The number of anilines is 1. The molecule has 0 aromatic heterocycles. The van der Waals surface area contributed by atoms with Crippen LogP contribution in [0.4, 0.5) is 5.69 Å². The molecule has 176 valence electrons. The molecule has 4 rings (SSSR count). The summed E-state index contributed by atoms with van der Waals surface area (Å²) in [5.41, 5.74) is 5.17. The maximum Gasteiger partial charge on any atom is 0.283 e. The van der Waals surface area contributed by atoms with Crippen LogP contribution in [0.15, 0.2) is 83.8 Å². The molecule has 2 N–H and O–H groups in total. The molecule has 9 nitrogen and oxygen atoms in total. The molecular formula is C24H23N3O6S. The fraction of sp³-hybridized carbons (Fsp3) is 0.167. The van der Waals surface area contributed by atoms with Crippen molar-refractivity contribution in [3.05, 3.63) is 84.4 Å². The van der Waals surface area contributed by atoms with Gasteiger partial charge in [0.05, 0.1) is 10.6 Å². The van der Waals surface area contributed by atoms with E-state index in [1.807, 2.05) is 0 Å². The zero-order chi connectivity index (χ0) is 24.1. The largest absolute Gasteiger partial charge is 0.485 e. The van der Waals surface area contributed by atoms with Crippen LogP contribution in [-0.4, -0.2) is 39.5 Å². The second kappa shape index (κ2) is 9.84. The van der Waals surface area contributed by atoms with Crippen molar-refractivity contribution < 1.29 is 27.5 Å². The molecule has 0 aliphatic carbocycles. The van der Waals surface area contributed by atoms with E-state index in [9.17, 15) is 18.0 Å². The molecule has 3 aromatic carbocycles. The Balaban J connectivity index is 1.43. The van der Waals surface area contributed by atoms with Crippen LogP contribution in [0.2, 0.25) is 0 Å². The first-order valence-electron chi connectivity index (χ1n) is 10.6. The molecule has 0 spiro atoms. The van der Waals surface area contributed by atoms with E-state index in [0.29, 0.717) is 17.2 Å². The highest BCUT2D eigenvalue weighted by molar-refractivity contribution is 7.92. The van der Waals surface area contributed by atoms with Crippen LogP contribution >= 0.6 is 0 Å². The van der Waals surface area contributed by atoms with Crippen LogP contribution in [0, 0.1) is 0 Å². The number of rotatable bonds is 6. The summed E-state index contributed by atoms with van der Waals surface area (Å²) in [6.45, 7) is 1.93. The standard InChI is InChI=1S/C24H23N3O6S/c1-2-27(18-10-4-3-5-11-18)34(30,31)19-12-8-9-17(15-19)23(28)25-26-24(29)22-16-32-20-13-6-7-14-21(20)33-22/h3-15,22H,2,16H2,1H3,(H,25,28)(H,26,29). The molecule has 1 unspecified atom stereocenters. The summed E-state index contributed by atoms with van der Waals surface area (Å²) in [7, 11) is -3.91. The number of carbonyl (C=O) groups excluding carboxylic acids is 2. The summed E-state index contributed by atoms with van der Waals surface area (Å²) in [5, 5.41) is 0. The number of nitrogens with zero attached hydrogens (tertiary/aromatic N) is 1. The summed E-state index contributed by atoms with van der Waals surface area (Å²) in [4.78, 5) is 25.0. The van der Waals surface area contributed by atoms with Gasteiger partial charge < -0.3 is 9.47 Å². The SMILES string of the molecule is CCN(c1ccccc1)S(=O)(=O)c1cccc(C(=O)NNC(=O)C2COc3ccccc3O2)c1. The highest BCUT2D eigenvalue weighted by atomic mass is 32.2. The van der Waals surface area contributed by atoms with Gasteiger partial charge in [-0.2, -0.15) is 0 Å². The van der Waals surface area contributed by atoms with E-state index in [4.69, 9.17) is 9.47 Å². The van der Waals surface area contributed by atoms with Crippen LogP contribution in [0.3, 0.4) is 0 Å². The Hall–Kier alpha value is -4.05. The van der Waals surface area contributed by atoms with Gasteiger partial charge in [0.1, 0.15) is 6.61 Å². The van der Waals surface area contributed by atoms with Crippen molar-refractivity contribution >= 4 is 27.5 Å². The lowest BCUT2D eigenvalue weighted by Gasteiger charge is -2.25. The molecule has 3 aromatic rings. The summed E-state index contributed by atoms with van der Waals surface area (Å²) < 4.78 is 38.8. The second-order valence-electron chi connectivity index (χ2n) is 7.34. The molecule has 0 radical (unpaired) electrons. The molecule has 34 heavy (non-hydrogen) atoms. The maximum atomic E-state index is 13.2. The molecule has 10 heteroatoms. The molecule has 0 bridgehead atoms. The van der Waals surface area contributed by atoms with Crippen molar-refractivity contribution in [2.45, 2.75) is 17.9 Å². The van der Waals surface area contributed by atoms with E-state index in [0.717, 1.165) is 0 Å². The van der Waals surface area contributed by atoms with Gasteiger partial charge in [-0.1, -0.05) is 36.4 Å². The first-order chi connectivity index (χ1) is 16.4. The lowest BCUT2D eigenvalue weighted by molar-refractivity contribution is -0.131. The summed E-state index contributed by atoms with van der Waals surface area (Å²) in [6, 6.07) is 21.2. The molecule has 1 aliphatic heterocycles. The van der Waals surface area contributed by atoms with Crippen LogP contribution in [-0.2, 0) is 14.8 Å². The summed E-state index contributed by atoms with van der Waals surface area (Å²) in [5.74, 6) is -0.319. The smallest absolute Gasteiger partial charge is 0.283 e.